The molecular weight excluding hydrogens is 360 g/mol. The molecule has 0 bridgehead atoms. The van der Waals surface area contributed by atoms with Gasteiger partial charge >= 0.3 is 0 Å². The summed E-state index contributed by atoms with van der Waals surface area (Å²) in [5.74, 6) is 0. The third kappa shape index (κ3) is 2.36. The highest BCUT2D eigenvalue weighted by Crippen LogP contribution is 2.38. The molecule has 1 atom stereocenters. The largest absolute Gasteiger partial charge is 0.383 e. The molecule has 0 amide bonds. The average Bonchev–Trinajstić information content (AvgIpc) is 2.71. The molecule has 5 heteroatoms. The van der Waals surface area contributed by atoms with Crippen LogP contribution in [0.3, 0.4) is 0 Å². The molecule has 0 saturated heterocycles. The number of halogens is 2. The zero-order chi connectivity index (χ0) is 11.0. The van der Waals surface area contributed by atoms with Gasteiger partial charge in [-0.15, -0.1) is 22.7 Å². The van der Waals surface area contributed by atoms with Crippen LogP contribution >= 0.6 is 54.5 Å². The lowest BCUT2D eigenvalue weighted by atomic mass is 10.1. The first-order valence-electron chi connectivity index (χ1n) is 4.26. The van der Waals surface area contributed by atoms with Crippen molar-refractivity contribution in [1.82, 2.24) is 0 Å². The molecule has 0 fully saturated rings. The van der Waals surface area contributed by atoms with Gasteiger partial charge in [0, 0.05) is 14.9 Å². The summed E-state index contributed by atoms with van der Waals surface area (Å²) >= 11 is 10.1. The Hall–Kier alpha value is 0.320. The molecule has 0 aliphatic carbocycles. The minimum Gasteiger partial charge on any atom is -0.383 e. The number of aliphatic hydroxyl groups is 1. The fourth-order valence-corrected chi connectivity index (χ4v) is 4.71. The number of hydrogen-bond acceptors (Lipinski definition) is 3. The van der Waals surface area contributed by atoms with Crippen LogP contribution in [-0.4, -0.2) is 5.11 Å². The van der Waals surface area contributed by atoms with Crippen molar-refractivity contribution in [2.45, 2.75) is 13.0 Å². The maximum atomic E-state index is 10.2. The normalized spacial score (nSPS) is 13.1. The van der Waals surface area contributed by atoms with E-state index in [4.69, 9.17) is 0 Å². The van der Waals surface area contributed by atoms with Gasteiger partial charge in [-0.3, -0.25) is 0 Å². The smallest absolute Gasteiger partial charge is 0.115 e. The van der Waals surface area contributed by atoms with Gasteiger partial charge in [-0.1, -0.05) is 0 Å². The van der Waals surface area contributed by atoms with Gasteiger partial charge in [-0.25, -0.2) is 0 Å². The van der Waals surface area contributed by atoms with Crippen LogP contribution in [0, 0.1) is 6.92 Å². The van der Waals surface area contributed by atoms with Crippen molar-refractivity contribution in [3.05, 3.63) is 41.1 Å². The SMILES string of the molecule is Cc1sc(Br)cc1C(O)c1sccc1Br. The highest BCUT2D eigenvalue weighted by atomic mass is 79.9. The fraction of sp³-hybridized carbons (Fsp3) is 0.200. The van der Waals surface area contributed by atoms with Crippen LogP contribution in [0.1, 0.15) is 21.4 Å². The number of hydrogen-bond donors (Lipinski definition) is 1. The molecule has 0 radical (unpaired) electrons. The van der Waals surface area contributed by atoms with Gasteiger partial charge in [-0.05, 0) is 56.3 Å². The van der Waals surface area contributed by atoms with Gasteiger partial charge in [0.05, 0.1) is 8.66 Å². The Kier molecular flexibility index (Phi) is 3.67. The molecule has 15 heavy (non-hydrogen) atoms. The van der Waals surface area contributed by atoms with E-state index in [9.17, 15) is 5.11 Å². The van der Waals surface area contributed by atoms with Gasteiger partial charge in [0.2, 0.25) is 0 Å². The van der Waals surface area contributed by atoms with E-state index in [0.717, 1.165) is 23.6 Å². The summed E-state index contributed by atoms with van der Waals surface area (Å²) < 4.78 is 2.03. The van der Waals surface area contributed by atoms with Crippen molar-refractivity contribution in [3.63, 3.8) is 0 Å². The summed E-state index contributed by atoms with van der Waals surface area (Å²) in [6.07, 6.45) is -0.526. The Balaban J connectivity index is 2.40. The van der Waals surface area contributed by atoms with E-state index in [2.05, 4.69) is 31.9 Å². The Bertz CT molecular complexity index is 475. The second-order valence-electron chi connectivity index (χ2n) is 3.10. The Morgan fingerprint density at radius 3 is 2.60 bits per heavy atom. The lowest BCUT2D eigenvalue weighted by Crippen LogP contribution is -1.97. The monoisotopic (exact) mass is 366 g/mol. The van der Waals surface area contributed by atoms with Crippen molar-refractivity contribution in [1.29, 1.82) is 0 Å². The quantitative estimate of drug-likeness (QED) is 0.813. The van der Waals surface area contributed by atoms with Crippen LogP contribution in [-0.2, 0) is 0 Å². The summed E-state index contributed by atoms with van der Waals surface area (Å²) in [5, 5.41) is 12.2. The first-order valence-corrected chi connectivity index (χ1v) is 7.54. The van der Waals surface area contributed by atoms with Crippen LogP contribution in [0.15, 0.2) is 25.8 Å². The highest BCUT2D eigenvalue weighted by Gasteiger charge is 2.18. The Labute approximate surface area is 113 Å². The molecule has 2 aromatic rings. The predicted molar refractivity (Wildman–Crippen MR) is 72.8 cm³/mol. The predicted octanol–water partition coefficient (Wildman–Crippen LogP) is 4.72. The lowest BCUT2D eigenvalue weighted by Gasteiger charge is -2.08. The molecule has 0 saturated carbocycles. The minimum absolute atomic E-state index is 0.526. The lowest BCUT2D eigenvalue weighted by molar-refractivity contribution is 0.223. The highest BCUT2D eigenvalue weighted by molar-refractivity contribution is 9.11. The van der Waals surface area contributed by atoms with Gasteiger partial charge < -0.3 is 5.11 Å². The van der Waals surface area contributed by atoms with Crippen molar-refractivity contribution >= 4 is 54.5 Å². The van der Waals surface area contributed by atoms with Crippen molar-refractivity contribution in [3.8, 4) is 0 Å². The molecule has 2 heterocycles. The molecule has 0 aliphatic rings. The second kappa shape index (κ2) is 4.67. The Morgan fingerprint density at radius 1 is 1.40 bits per heavy atom. The summed E-state index contributed by atoms with van der Waals surface area (Å²) in [6.45, 7) is 2.02. The Morgan fingerprint density at radius 2 is 2.13 bits per heavy atom. The molecule has 80 valence electrons. The van der Waals surface area contributed by atoms with Crippen molar-refractivity contribution in [2.24, 2.45) is 0 Å². The molecule has 2 aromatic heterocycles. The van der Waals surface area contributed by atoms with Gasteiger partial charge in [0.1, 0.15) is 6.10 Å². The number of thiophene rings is 2. The molecule has 1 nitrogen and oxygen atoms in total. The van der Waals surface area contributed by atoms with E-state index in [0.29, 0.717) is 0 Å². The maximum Gasteiger partial charge on any atom is 0.115 e. The van der Waals surface area contributed by atoms with Gasteiger partial charge in [-0.2, -0.15) is 0 Å². The molecular formula is C10H8Br2OS2. The topological polar surface area (TPSA) is 20.2 Å². The van der Waals surface area contributed by atoms with Crippen LogP contribution < -0.4 is 0 Å². The van der Waals surface area contributed by atoms with Crippen LogP contribution in [0.2, 0.25) is 0 Å². The third-order valence-corrected chi connectivity index (χ3v) is 5.61. The standard InChI is InChI=1S/C10H8Br2OS2/c1-5-6(4-8(12)15-5)9(13)10-7(11)2-3-14-10/h2-4,9,13H,1H3. The summed E-state index contributed by atoms with van der Waals surface area (Å²) in [5.41, 5.74) is 0.982. The molecule has 1 unspecified atom stereocenters. The molecule has 0 aliphatic heterocycles. The van der Waals surface area contributed by atoms with Crippen molar-refractivity contribution in [2.75, 3.05) is 0 Å². The van der Waals surface area contributed by atoms with Gasteiger partial charge in [0.15, 0.2) is 0 Å². The maximum absolute atomic E-state index is 10.2. The molecule has 2 rings (SSSR count). The van der Waals surface area contributed by atoms with Crippen LogP contribution in [0.5, 0.6) is 0 Å². The first kappa shape index (κ1) is 11.8. The molecule has 0 aromatic carbocycles. The number of rotatable bonds is 2. The summed E-state index contributed by atoms with van der Waals surface area (Å²) in [7, 11) is 0. The second-order valence-corrected chi connectivity index (χ2v) is 7.53. The zero-order valence-electron chi connectivity index (χ0n) is 7.83. The zero-order valence-corrected chi connectivity index (χ0v) is 12.6. The van der Waals surface area contributed by atoms with Crippen LogP contribution in [0.25, 0.3) is 0 Å². The number of aliphatic hydroxyl groups excluding tert-OH is 1. The van der Waals surface area contributed by atoms with E-state index in [-0.39, 0.29) is 0 Å². The number of aryl methyl sites for hydroxylation is 1. The van der Waals surface area contributed by atoms with E-state index < -0.39 is 6.10 Å². The first-order chi connectivity index (χ1) is 7.09. The third-order valence-electron chi connectivity index (χ3n) is 2.11. The fourth-order valence-electron chi connectivity index (χ4n) is 1.37. The molecule has 1 N–H and O–H groups in total. The van der Waals surface area contributed by atoms with E-state index in [1.54, 1.807) is 22.7 Å². The van der Waals surface area contributed by atoms with E-state index in [1.807, 2.05) is 24.4 Å². The summed E-state index contributed by atoms with van der Waals surface area (Å²) in [6, 6.07) is 3.94. The van der Waals surface area contributed by atoms with Crippen molar-refractivity contribution < 1.29 is 5.11 Å². The minimum atomic E-state index is -0.526. The van der Waals surface area contributed by atoms with E-state index in [1.165, 1.54) is 0 Å². The average molecular weight is 368 g/mol. The van der Waals surface area contributed by atoms with E-state index >= 15 is 0 Å². The van der Waals surface area contributed by atoms with Crippen LogP contribution in [0.4, 0.5) is 0 Å². The van der Waals surface area contributed by atoms with Gasteiger partial charge in [0.25, 0.3) is 0 Å². The molecule has 0 spiro atoms. The summed E-state index contributed by atoms with van der Waals surface area (Å²) in [4.78, 5) is 2.11.